The third kappa shape index (κ3) is 2.84. The zero-order valence-electron chi connectivity index (χ0n) is 9.44. The van der Waals surface area contributed by atoms with E-state index in [1.165, 1.54) is 0 Å². The molecule has 0 aliphatic carbocycles. The highest BCUT2D eigenvalue weighted by atomic mass is 16.5. The van der Waals surface area contributed by atoms with Gasteiger partial charge in [-0.1, -0.05) is 12.1 Å². The van der Waals surface area contributed by atoms with Crippen molar-refractivity contribution in [2.45, 2.75) is 0 Å². The molecule has 0 unspecified atom stereocenters. The van der Waals surface area contributed by atoms with Gasteiger partial charge in [-0.2, -0.15) is 0 Å². The second-order valence-electron chi connectivity index (χ2n) is 3.47. The second kappa shape index (κ2) is 5.16. The first-order valence-electron chi connectivity index (χ1n) is 5.21. The molecule has 85 valence electrons. The highest BCUT2D eigenvalue weighted by Gasteiger charge is 2.05. The number of anilines is 1. The largest absolute Gasteiger partial charge is 0.497 e. The number of benzene rings is 2. The van der Waals surface area contributed by atoms with Gasteiger partial charge in [-0.05, 0) is 42.5 Å². The molecule has 0 heterocycles. The van der Waals surface area contributed by atoms with E-state index in [-0.39, 0.29) is 5.91 Å². The predicted octanol–water partition coefficient (Wildman–Crippen LogP) is 2.75. The van der Waals surface area contributed by atoms with Crippen LogP contribution in [0.4, 0.5) is 5.69 Å². The topological polar surface area (TPSA) is 38.3 Å². The lowest BCUT2D eigenvalue weighted by Crippen LogP contribution is -2.11. The summed E-state index contributed by atoms with van der Waals surface area (Å²) in [4.78, 5) is 11.8. The van der Waals surface area contributed by atoms with E-state index >= 15 is 0 Å². The molecule has 0 spiro atoms. The summed E-state index contributed by atoms with van der Waals surface area (Å²) in [6.07, 6.45) is 0. The van der Waals surface area contributed by atoms with Crippen LogP contribution >= 0.6 is 0 Å². The number of hydrogen-bond acceptors (Lipinski definition) is 2. The van der Waals surface area contributed by atoms with E-state index in [2.05, 4.69) is 11.4 Å². The van der Waals surface area contributed by atoms with Crippen LogP contribution in [0, 0.1) is 6.07 Å². The fraction of sp³-hybridized carbons (Fsp3) is 0.0714. The van der Waals surface area contributed by atoms with E-state index in [9.17, 15) is 4.79 Å². The number of carbonyl (C=O) groups excluding carboxylic acids is 1. The lowest BCUT2D eigenvalue weighted by Gasteiger charge is -2.05. The van der Waals surface area contributed by atoms with Crippen LogP contribution in [0.1, 0.15) is 10.4 Å². The molecule has 3 heteroatoms. The summed E-state index contributed by atoms with van der Waals surface area (Å²) in [6, 6.07) is 17.0. The van der Waals surface area contributed by atoms with Crippen LogP contribution in [0.2, 0.25) is 0 Å². The van der Waals surface area contributed by atoms with E-state index < -0.39 is 0 Å². The maximum absolute atomic E-state index is 11.8. The average Bonchev–Trinajstić information content (AvgIpc) is 2.40. The Bertz CT molecular complexity index is 491. The fourth-order valence-corrected chi connectivity index (χ4v) is 1.42. The molecule has 1 radical (unpaired) electrons. The SMILES string of the molecule is COc1ccc(C(=O)Nc2c[c]ccc2)cc1. The third-order valence-electron chi connectivity index (χ3n) is 2.32. The van der Waals surface area contributed by atoms with Gasteiger partial charge in [0.2, 0.25) is 0 Å². The number of hydrogen-bond donors (Lipinski definition) is 1. The van der Waals surface area contributed by atoms with E-state index in [0.717, 1.165) is 11.4 Å². The Morgan fingerprint density at radius 3 is 2.59 bits per heavy atom. The predicted molar refractivity (Wildman–Crippen MR) is 66.2 cm³/mol. The second-order valence-corrected chi connectivity index (χ2v) is 3.47. The van der Waals surface area contributed by atoms with E-state index in [0.29, 0.717) is 5.56 Å². The lowest BCUT2D eigenvalue weighted by molar-refractivity contribution is 0.102. The molecule has 2 rings (SSSR count). The average molecular weight is 226 g/mol. The Kier molecular flexibility index (Phi) is 3.40. The lowest BCUT2D eigenvalue weighted by atomic mass is 10.2. The molecule has 0 atom stereocenters. The van der Waals surface area contributed by atoms with Crippen LogP contribution in [-0.4, -0.2) is 13.0 Å². The Balaban J connectivity index is 2.09. The van der Waals surface area contributed by atoms with E-state index in [4.69, 9.17) is 4.74 Å². The Morgan fingerprint density at radius 1 is 1.24 bits per heavy atom. The first-order chi connectivity index (χ1) is 8.29. The van der Waals surface area contributed by atoms with Crippen LogP contribution < -0.4 is 10.1 Å². The Labute approximate surface area is 100 Å². The van der Waals surface area contributed by atoms with Crippen molar-refractivity contribution in [1.29, 1.82) is 0 Å². The van der Waals surface area contributed by atoms with Crippen LogP contribution in [-0.2, 0) is 0 Å². The molecule has 0 bridgehead atoms. The molecule has 0 saturated heterocycles. The third-order valence-corrected chi connectivity index (χ3v) is 2.32. The molecule has 1 N–H and O–H groups in total. The Hall–Kier alpha value is -2.29. The summed E-state index contributed by atoms with van der Waals surface area (Å²) in [5.74, 6) is 0.585. The number of carbonyl (C=O) groups is 1. The van der Waals surface area contributed by atoms with Crippen molar-refractivity contribution in [3.8, 4) is 5.75 Å². The van der Waals surface area contributed by atoms with Gasteiger partial charge in [0.25, 0.3) is 5.91 Å². The molecule has 0 aromatic heterocycles. The van der Waals surface area contributed by atoms with Crippen LogP contribution in [0.5, 0.6) is 5.75 Å². The minimum Gasteiger partial charge on any atom is -0.497 e. The number of rotatable bonds is 3. The molecule has 0 fully saturated rings. The van der Waals surface area contributed by atoms with Gasteiger partial charge >= 0.3 is 0 Å². The summed E-state index contributed by atoms with van der Waals surface area (Å²) >= 11 is 0. The molecule has 2 aromatic carbocycles. The van der Waals surface area contributed by atoms with Crippen molar-refractivity contribution in [3.63, 3.8) is 0 Å². The number of methoxy groups -OCH3 is 1. The smallest absolute Gasteiger partial charge is 0.255 e. The van der Waals surface area contributed by atoms with Gasteiger partial charge < -0.3 is 10.1 Å². The van der Waals surface area contributed by atoms with Crippen molar-refractivity contribution in [1.82, 2.24) is 0 Å². The maximum atomic E-state index is 11.8. The Morgan fingerprint density at radius 2 is 2.00 bits per heavy atom. The molecule has 17 heavy (non-hydrogen) atoms. The minimum atomic E-state index is -0.146. The van der Waals surface area contributed by atoms with Gasteiger partial charge in [0.05, 0.1) is 7.11 Å². The minimum absolute atomic E-state index is 0.146. The monoisotopic (exact) mass is 226 g/mol. The summed E-state index contributed by atoms with van der Waals surface area (Å²) < 4.78 is 5.03. The first-order valence-corrected chi connectivity index (χ1v) is 5.21. The van der Waals surface area contributed by atoms with Crippen LogP contribution in [0.3, 0.4) is 0 Å². The zero-order valence-corrected chi connectivity index (χ0v) is 9.44. The van der Waals surface area contributed by atoms with Gasteiger partial charge in [0.15, 0.2) is 0 Å². The molecule has 2 aromatic rings. The zero-order chi connectivity index (χ0) is 12.1. The normalized spacial score (nSPS) is 9.71. The summed E-state index contributed by atoms with van der Waals surface area (Å²) in [5, 5.41) is 2.78. The van der Waals surface area contributed by atoms with Gasteiger partial charge in [0, 0.05) is 11.3 Å². The van der Waals surface area contributed by atoms with Gasteiger partial charge in [0.1, 0.15) is 5.75 Å². The molecule has 0 aliphatic heterocycles. The van der Waals surface area contributed by atoms with Crippen LogP contribution in [0.25, 0.3) is 0 Å². The van der Waals surface area contributed by atoms with Crippen molar-refractivity contribution >= 4 is 11.6 Å². The number of nitrogens with one attached hydrogen (secondary N) is 1. The molecular weight excluding hydrogens is 214 g/mol. The van der Waals surface area contributed by atoms with Crippen molar-refractivity contribution in [2.75, 3.05) is 12.4 Å². The number of amides is 1. The highest BCUT2D eigenvalue weighted by molar-refractivity contribution is 6.04. The van der Waals surface area contributed by atoms with Crippen molar-refractivity contribution in [2.24, 2.45) is 0 Å². The molecule has 0 saturated carbocycles. The highest BCUT2D eigenvalue weighted by Crippen LogP contribution is 2.13. The van der Waals surface area contributed by atoms with E-state index in [1.807, 2.05) is 12.1 Å². The van der Waals surface area contributed by atoms with Crippen LogP contribution in [0.15, 0.2) is 48.5 Å². The molecule has 0 aliphatic rings. The van der Waals surface area contributed by atoms with Gasteiger partial charge in [-0.3, -0.25) is 4.79 Å². The molecule has 1 amide bonds. The molecule has 3 nitrogen and oxygen atoms in total. The fourth-order valence-electron chi connectivity index (χ4n) is 1.42. The van der Waals surface area contributed by atoms with Crippen molar-refractivity contribution < 1.29 is 9.53 Å². The summed E-state index contributed by atoms with van der Waals surface area (Å²) in [7, 11) is 1.59. The quantitative estimate of drug-likeness (QED) is 0.873. The first kappa shape index (κ1) is 11.2. The standard InChI is InChI=1S/C14H12NO2/c1-17-13-9-7-11(8-10-13)14(16)15-12-5-3-2-4-6-12/h2-3,5-10H,1H3,(H,15,16). The molecular formula is C14H12NO2. The van der Waals surface area contributed by atoms with Gasteiger partial charge in [-0.25, -0.2) is 0 Å². The summed E-state index contributed by atoms with van der Waals surface area (Å²) in [6.45, 7) is 0. The maximum Gasteiger partial charge on any atom is 0.255 e. The van der Waals surface area contributed by atoms with Crippen molar-refractivity contribution in [3.05, 3.63) is 60.2 Å². The number of ether oxygens (including phenoxy) is 1. The summed E-state index contributed by atoms with van der Waals surface area (Å²) in [5.41, 5.74) is 1.32. The van der Waals surface area contributed by atoms with E-state index in [1.54, 1.807) is 43.5 Å². The van der Waals surface area contributed by atoms with Gasteiger partial charge in [-0.15, -0.1) is 0 Å².